The number of rotatable bonds is 8. The van der Waals surface area contributed by atoms with E-state index in [9.17, 15) is 13.9 Å². The summed E-state index contributed by atoms with van der Waals surface area (Å²) in [4.78, 5) is 2.04. The molecular formula is C20H23F2NO2. The number of halogens is 2. The second-order valence-electron chi connectivity index (χ2n) is 6.63. The van der Waals surface area contributed by atoms with Crippen LogP contribution in [-0.4, -0.2) is 35.3 Å². The van der Waals surface area contributed by atoms with E-state index in [-0.39, 0.29) is 6.61 Å². The highest BCUT2D eigenvalue weighted by atomic mass is 19.1. The molecular weight excluding hydrogens is 324 g/mol. The SMILES string of the molecule is Cc1ccccc1OC[C@H](O)CN(Cc1ccc(F)cc1F)C1CC1. The molecule has 2 aromatic rings. The number of aryl methyl sites for hydroxylation is 1. The van der Waals surface area contributed by atoms with Gasteiger partial charge in [0.05, 0.1) is 0 Å². The van der Waals surface area contributed by atoms with Crippen LogP contribution < -0.4 is 4.74 Å². The van der Waals surface area contributed by atoms with Gasteiger partial charge in [-0.15, -0.1) is 0 Å². The predicted octanol–water partition coefficient (Wildman–Crippen LogP) is 3.68. The van der Waals surface area contributed by atoms with Crippen molar-refractivity contribution in [2.24, 2.45) is 0 Å². The highest BCUT2D eigenvalue weighted by Gasteiger charge is 2.31. The van der Waals surface area contributed by atoms with Crippen LogP contribution >= 0.6 is 0 Å². The lowest BCUT2D eigenvalue weighted by Crippen LogP contribution is -2.37. The Kier molecular flexibility index (Phi) is 5.66. The van der Waals surface area contributed by atoms with E-state index in [1.165, 1.54) is 12.1 Å². The largest absolute Gasteiger partial charge is 0.491 e. The van der Waals surface area contributed by atoms with Gasteiger partial charge in [0.15, 0.2) is 0 Å². The first-order valence-electron chi connectivity index (χ1n) is 8.57. The van der Waals surface area contributed by atoms with E-state index >= 15 is 0 Å². The quantitative estimate of drug-likeness (QED) is 0.791. The monoisotopic (exact) mass is 347 g/mol. The van der Waals surface area contributed by atoms with Gasteiger partial charge in [0, 0.05) is 30.8 Å². The molecule has 1 aliphatic rings. The minimum Gasteiger partial charge on any atom is -0.491 e. The zero-order valence-electron chi connectivity index (χ0n) is 14.3. The van der Waals surface area contributed by atoms with Crippen molar-refractivity contribution in [3.8, 4) is 5.75 Å². The number of hydrogen-bond acceptors (Lipinski definition) is 3. The maximum atomic E-state index is 13.9. The summed E-state index contributed by atoms with van der Waals surface area (Å²) >= 11 is 0. The van der Waals surface area contributed by atoms with Crippen LogP contribution in [0.2, 0.25) is 0 Å². The fourth-order valence-corrected chi connectivity index (χ4v) is 2.88. The predicted molar refractivity (Wildman–Crippen MR) is 92.5 cm³/mol. The Morgan fingerprint density at radius 1 is 1.20 bits per heavy atom. The zero-order chi connectivity index (χ0) is 17.8. The molecule has 2 aromatic carbocycles. The lowest BCUT2D eigenvalue weighted by molar-refractivity contribution is 0.0620. The number of nitrogens with zero attached hydrogens (tertiary/aromatic N) is 1. The molecule has 3 rings (SSSR count). The van der Waals surface area contributed by atoms with Gasteiger partial charge in [-0.3, -0.25) is 4.90 Å². The van der Waals surface area contributed by atoms with Crippen LogP contribution in [-0.2, 0) is 6.54 Å². The number of aliphatic hydroxyl groups excluding tert-OH is 1. The van der Waals surface area contributed by atoms with Gasteiger partial charge in [-0.2, -0.15) is 0 Å². The smallest absolute Gasteiger partial charge is 0.130 e. The second-order valence-corrected chi connectivity index (χ2v) is 6.63. The molecule has 0 spiro atoms. The van der Waals surface area contributed by atoms with E-state index in [1.807, 2.05) is 36.1 Å². The number of aliphatic hydroxyl groups is 1. The minimum atomic E-state index is -0.677. The van der Waals surface area contributed by atoms with E-state index in [0.29, 0.717) is 24.7 Å². The van der Waals surface area contributed by atoms with E-state index in [4.69, 9.17) is 4.74 Å². The number of benzene rings is 2. The van der Waals surface area contributed by atoms with Crippen molar-refractivity contribution < 1.29 is 18.6 Å². The van der Waals surface area contributed by atoms with Crippen LogP contribution in [0, 0.1) is 18.6 Å². The van der Waals surface area contributed by atoms with Gasteiger partial charge in [0.2, 0.25) is 0 Å². The summed E-state index contributed by atoms with van der Waals surface area (Å²) in [6.45, 7) is 2.89. The van der Waals surface area contributed by atoms with Crippen LogP contribution in [0.1, 0.15) is 24.0 Å². The van der Waals surface area contributed by atoms with E-state index < -0.39 is 17.7 Å². The van der Waals surface area contributed by atoms with Gasteiger partial charge in [0.1, 0.15) is 30.1 Å². The van der Waals surface area contributed by atoms with Gasteiger partial charge < -0.3 is 9.84 Å². The van der Waals surface area contributed by atoms with Gasteiger partial charge in [-0.05, 0) is 37.5 Å². The normalized spacial score (nSPS) is 15.4. The summed E-state index contributed by atoms with van der Waals surface area (Å²) < 4.78 is 32.6. The van der Waals surface area contributed by atoms with Crippen molar-refractivity contribution in [1.29, 1.82) is 0 Å². The lowest BCUT2D eigenvalue weighted by Gasteiger charge is -2.25. The molecule has 0 amide bonds. The molecule has 0 heterocycles. The number of ether oxygens (including phenoxy) is 1. The van der Waals surface area contributed by atoms with E-state index in [2.05, 4.69) is 0 Å². The third-order valence-electron chi connectivity index (χ3n) is 4.42. The molecule has 0 aliphatic heterocycles. The molecule has 0 bridgehead atoms. The van der Waals surface area contributed by atoms with E-state index in [0.717, 1.165) is 30.2 Å². The molecule has 0 aromatic heterocycles. The zero-order valence-corrected chi connectivity index (χ0v) is 14.3. The molecule has 1 aliphatic carbocycles. The van der Waals surface area contributed by atoms with Gasteiger partial charge in [0.25, 0.3) is 0 Å². The van der Waals surface area contributed by atoms with Crippen LogP contribution in [0.25, 0.3) is 0 Å². The molecule has 1 saturated carbocycles. The first-order valence-corrected chi connectivity index (χ1v) is 8.57. The number of hydrogen-bond donors (Lipinski definition) is 1. The molecule has 5 heteroatoms. The highest BCUT2D eigenvalue weighted by Crippen LogP contribution is 2.29. The standard InChI is InChI=1S/C20H23F2NO2/c1-14-4-2-3-5-20(14)25-13-18(24)12-23(17-8-9-17)11-15-6-7-16(21)10-19(15)22/h2-7,10,17-18,24H,8-9,11-13H2,1H3/t18-/m1/s1. The lowest BCUT2D eigenvalue weighted by atomic mass is 10.2. The van der Waals surface area contributed by atoms with Crippen LogP contribution in [0.4, 0.5) is 8.78 Å². The summed E-state index contributed by atoms with van der Waals surface area (Å²) in [6.07, 6.45) is 1.39. The molecule has 3 nitrogen and oxygen atoms in total. The maximum absolute atomic E-state index is 13.9. The Morgan fingerprint density at radius 2 is 1.96 bits per heavy atom. The fourth-order valence-electron chi connectivity index (χ4n) is 2.88. The molecule has 1 fully saturated rings. The summed E-state index contributed by atoms with van der Waals surface area (Å²) in [6, 6.07) is 11.6. The van der Waals surface area contributed by atoms with E-state index in [1.54, 1.807) is 0 Å². The summed E-state index contributed by atoms with van der Waals surface area (Å²) in [5.41, 5.74) is 1.46. The van der Waals surface area contributed by atoms with Crippen molar-refractivity contribution >= 4 is 0 Å². The number of para-hydroxylation sites is 1. The Balaban J connectivity index is 1.57. The van der Waals surface area contributed by atoms with Crippen LogP contribution in [0.15, 0.2) is 42.5 Å². The third-order valence-corrected chi connectivity index (χ3v) is 4.42. The molecule has 0 saturated heterocycles. The Bertz CT molecular complexity index is 719. The molecule has 1 atom stereocenters. The minimum absolute atomic E-state index is 0.181. The highest BCUT2D eigenvalue weighted by molar-refractivity contribution is 5.31. The third kappa shape index (κ3) is 5.00. The van der Waals surface area contributed by atoms with Gasteiger partial charge in [-0.1, -0.05) is 24.3 Å². The van der Waals surface area contributed by atoms with Crippen LogP contribution in [0.3, 0.4) is 0 Å². The van der Waals surface area contributed by atoms with Crippen molar-refractivity contribution in [2.75, 3.05) is 13.2 Å². The first-order chi connectivity index (χ1) is 12.0. The van der Waals surface area contributed by atoms with Gasteiger partial charge >= 0.3 is 0 Å². The first kappa shape index (κ1) is 17.8. The average molecular weight is 347 g/mol. The van der Waals surface area contributed by atoms with Crippen molar-refractivity contribution in [2.45, 2.75) is 38.5 Å². The fraction of sp³-hybridized carbons (Fsp3) is 0.400. The topological polar surface area (TPSA) is 32.7 Å². The summed E-state index contributed by atoms with van der Waals surface area (Å²) in [5, 5.41) is 10.3. The van der Waals surface area contributed by atoms with Crippen molar-refractivity contribution in [1.82, 2.24) is 4.90 Å². The molecule has 25 heavy (non-hydrogen) atoms. The van der Waals surface area contributed by atoms with Crippen molar-refractivity contribution in [3.05, 3.63) is 65.2 Å². The van der Waals surface area contributed by atoms with Crippen molar-refractivity contribution in [3.63, 3.8) is 0 Å². The molecule has 1 N–H and O–H groups in total. The Hall–Kier alpha value is -1.98. The summed E-state index contributed by atoms with van der Waals surface area (Å²) in [7, 11) is 0. The summed E-state index contributed by atoms with van der Waals surface area (Å²) in [5.74, 6) is -0.369. The van der Waals surface area contributed by atoms with Crippen LogP contribution in [0.5, 0.6) is 5.75 Å². The Morgan fingerprint density at radius 3 is 2.64 bits per heavy atom. The second kappa shape index (κ2) is 7.93. The average Bonchev–Trinajstić information content (AvgIpc) is 3.41. The van der Waals surface area contributed by atoms with Gasteiger partial charge in [-0.25, -0.2) is 8.78 Å². The molecule has 134 valence electrons. The Labute approximate surface area is 146 Å². The maximum Gasteiger partial charge on any atom is 0.130 e. The molecule has 0 unspecified atom stereocenters. The molecule has 0 radical (unpaired) electrons.